The number of pyridine rings is 1. The molecular weight excluding hydrogens is 398 g/mol. The van der Waals surface area contributed by atoms with Gasteiger partial charge in [0, 0.05) is 36.3 Å². The normalized spacial score (nSPS) is 15.0. The van der Waals surface area contributed by atoms with Crippen molar-refractivity contribution in [2.75, 3.05) is 12.4 Å². The SMILES string of the molecule is [C-]#[N+]c1cncc(-c2cc(NC3Cc4ccc(OC)cc4C3)n3ccc(C(C)C)c3n2)c1. The van der Waals surface area contributed by atoms with Gasteiger partial charge in [0.25, 0.3) is 0 Å². The lowest BCUT2D eigenvalue weighted by molar-refractivity contribution is 0.414. The number of aromatic nitrogens is 3. The third-order valence-electron chi connectivity index (χ3n) is 6.12. The van der Waals surface area contributed by atoms with Gasteiger partial charge >= 0.3 is 0 Å². The third kappa shape index (κ3) is 3.56. The predicted octanol–water partition coefficient (Wildman–Crippen LogP) is 5.66. The summed E-state index contributed by atoms with van der Waals surface area (Å²) in [6.07, 6.45) is 7.34. The highest BCUT2D eigenvalue weighted by Crippen LogP contribution is 2.32. The number of hydrogen-bond acceptors (Lipinski definition) is 4. The minimum absolute atomic E-state index is 0.285. The zero-order valence-electron chi connectivity index (χ0n) is 18.5. The van der Waals surface area contributed by atoms with Crippen molar-refractivity contribution in [3.63, 3.8) is 0 Å². The van der Waals surface area contributed by atoms with Gasteiger partial charge in [-0.1, -0.05) is 19.9 Å². The maximum absolute atomic E-state index is 7.32. The molecule has 1 aliphatic carbocycles. The summed E-state index contributed by atoms with van der Waals surface area (Å²) >= 11 is 0. The van der Waals surface area contributed by atoms with Gasteiger partial charge in [-0.05, 0) is 59.7 Å². The number of nitrogens with one attached hydrogen (secondary N) is 1. The van der Waals surface area contributed by atoms with E-state index in [2.05, 4.69) is 63.9 Å². The summed E-state index contributed by atoms with van der Waals surface area (Å²) < 4.78 is 7.53. The Hall–Kier alpha value is -3.85. The van der Waals surface area contributed by atoms with Crippen molar-refractivity contribution in [3.8, 4) is 17.0 Å². The van der Waals surface area contributed by atoms with Crippen molar-refractivity contribution in [1.29, 1.82) is 0 Å². The molecule has 3 heterocycles. The molecule has 1 aromatic carbocycles. The first-order valence-electron chi connectivity index (χ1n) is 10.8. The van der Waals surface area contributed by atoms with Crippen molar-refractivity contribution >= 4 is 17.2 Å². The Kier molecular flexibility index (Phi) is 5.02. The summed E-state index contributed by atoms with van der Waals surface area (Å²) in [6.45, 7) is 11.7. The van der Waals surface area contributed by atoms with E-state index in [4.69, 9.17) is 16.3 Å². The molecule has 1 N–H and O–H groups in total. The molecule has 32 heavy (non-hydrogen) atoms. The zero-order chi connectivity index (χ0) is 22.2. The first kappa shape index (κ1) is 20.1. The van der Waals surface area contributed by atoms with Crippen LogP contribution in [-0.2, 0) is 12.8 Å². The Bertz CT molecular complexity index is 1350. The molecule has 5 rings (SSSR count). The number of ether oxygens (including phenoxy) is 1. The Morgan fingerprint density at radius 2 is 1.97 bits per heavy atom. The maximum atomic E-state index is 7.32. The summed E-state index contributed by atoms with van der Waals surface area (Å²) in [4.78, 5) is 12.7. The van der Waals surface area contributed by atoms with Crippen LogP contribution in [0.1, 0.15) is 36.5 Å². The second-order valence-electron chi connectivity index (χ2n) is 8.57. The van der Waals surface area contributed by atoms with Gasteiger partial charge in [0.1, 0.15) is 17.2 Å². The number of rotatable bonds is 5. The summed E-state index contributed by atoms with van der Waals surface area (Å²) in [5, 5.41) is 3.76. The van der Waals surface area contributed by atoms with Gasteiger partial charge in [0.2, 0.25) is 5.69 Å². The van der Waals surface area contributed by atoms with Crippen LogP contribution >= 0.6 is 0 Å². The molecule has 0 fully saturated rings. The van der Waals surface area contributed by atoms with E-state index >= 15 is 0 Å². The van der Waals surface area contributed by atoms with Crippen molar-refractivity contribution in [2.45, 2.75) is 38.6 Å². The van der Waals surface area contributed by atoms with Crippen LogP contribution in [0.25, 0.3) is 21.7 Å². The fourth-order valence-electron chi connectivity index (χ4n) is 4.47. The van der Waals surface area contributed by atoms with Crippen LogP contribution < -0.4 is 10.1 Å². The lowest BCUT2D eigenvalue weighted by atomic mass is 10.1. The summed E-state index contributed by atoms with van der Waals surface area (Å²) in [7, 11) is 1.71. The summed E-state index contributed by atoms with van der Waals surface area (Å²) in [6, 6.07) is 12.7. The minimum Gasteiger partial charge on any atom is -0.497 e. The number of methoxy groups -OCH3 is 1. The molecule has 0 amide bonds. The van der Waals surface area contributed by atoms with E-state index in [9.17, 15) is 0 Å². The molecule has 3 aromatic heterocycles. The topological polar surface area (TPSA) is 55.8 Å². The Labute approximate surface area is 187 Å². The van der Waals surface area contributed by atoms with Gasteiger partial charge in [-0.25, -0.2) is 9.83 Å². The van der Waals surface area contributed by atoms with Gasteiger partial charge in [0.15, 0.2) is 0 Å². The summed E-state index contributed by atoms with van der Waals surface area (Å²) in [5.41, 5.74) is 7.00. The van der Waals surface area contributed by atoms with E-state index in [1.165, 1.54) is 16.7 Å². The van der Waals surface area contributed by atoms with Crippen molar-refractivity contribution in [2.24, 2.45) is 0 Å². The van der Waals surface area contributed by atoms with Crippen LogP contribution in [-0.4, -0.2) is 27.5 Å². The van der Waals surface area contributed by atoms with Crippen LogP contribution in [0.2, 0.25) is 0 Å². The highest BCUT2D eigenvalue weighted by Gasteiger charge is 2.23. The van der Waals surface area contributed by atoms with E-state index in [0.29, 0.717) is 11.6 Å². The standard InChI is InChI=1S/C26H25N5O/c1-16(2)23-7-8-31-25(29-20-9-17-5-6-22(32-4)12-18(17)10-20)13-24(30-26(23)31)19-11-21(27-3)15-28-14-19/h5-8,11-16,20,29H,9-10H2,1-2,4H3. The number of nitrogens with zero attached hydrogens (tertiary/aromatic N) is 4. The second-order valence-corrected chi connectivity index (χ2v) is 8.57. The molecule has 0 saturated carbocycles. The quantitative estimate of drug-likeness (QED) is 0.421. The van der Waals surface area contributed by atoms with E-state index in [0.717, 1.165) is 41.3 Å². The average Bonchev–Trinajstić information content (AvgIpc) is 3.42. The highest BCUT2D eigenvalue weighted by atomic mass is 16.5. The molecule has 0 bridgehead atoms. The van der Waals surface area contributed by atoms with Crippen LogP contribution in [0.4, 0.5) is 11.5 Å². The number of hydrogen-bond donors (Lipinski definition) is 1. The number of fused-ring (bicyclic) bond motifs is 2. The lowest BCUT2D eigenvalue weighted by Gasteiger charge is -2.17. The Balaban J connectivity index is 1.55. The lowest BCUT2D eigenvalue weighted by Crippen LogP contribution is -2.21. The van der Waals surface area contributed by atoms with Crippen LogP contribution in [0.3, 0.4) is 0 Å². The average molecular weight is 424 g/mol. The minimum atomic E-state index is 0.285. The van der Waals surface area contributed by atoms with Crippen molar-refractivity contribution in [3.05, 3.63) is 83.1 Å². The molecule has 1 aliphatic rings. The first-order valence-corrected chi connectivity index (χ1v) is 10.8. The number of benzene rings is 1. The second kappa shape index (κ2) is 8.01. The Morgan fingerprint density at radius 1 is 1.12 bits per heavy atom. The number of anilines is 1. The van der Waals surface area contributed by atoms with Gasteiger partial charge in [-0.2, -0.15) is 0 Å². The molecule has 6 nitrogen and oxygen atoms in total. The molecule has 160 valence electrons. The first-order chi connectivity index (χ1) is 15.6. The maximum Gasteiger partial charge on any atom is 0.205 e. The van der Waals surface area contributed by atoms with Crippen LogP contribution in [0.5, 0.6) is 5.75 Å². The smallest absolute Gasteiger partial charge is 0.205 e. The highest BCUT2D eigenvalue weighted by molar-refractivity contribution is 5.71. The molecule has 0 spiro atoms. The van der Waals surface area contributed by atoms with Gasteiger partial charge < -0.3 is 10.1 Å². The fraction of sp³-hybridized carbons (Fsp3) is 0.269. The van der Waals surface area contributed by atoms with Crippen molar-refractivity contribution in [1.82, 2.24) is 14.4 Å². The van der Waals surface area contributed by atoms with Crippen molar-refractivity contribution < 1.29 is 4.74 Å². The molecule has 4 aromatic rings. The zero-order valence-corrected chi connectivity index (χ0v) is 18.5. The summed E-state index contributed by atoms with van der Waals surface area (Å²) in [5.74, 6) is 2.25. The molecule has 1 atom stereocenters. The van der Waals surface area contributed by atoms with Crippen LogP contribution in [0, 0.1) is 6.57 Å². The largest absolute Gasteiger partial charge is 0.497 e. The van der Waals surface area contributed by atoms with Gasteiger partial charge in [0.05, 0.1) is 19.4 Å². The molecule has 1 unspecified atom stereocenters. The predicted molar refractivity (Wildman–Crippen MR) is 127 cm³/mol. The van der Waals surface area contributed by atoms with E-state index in [-0.39, 0.29) is 6.04 Å². The molecular formula is C26H25N5O. The van der Waals surface area contributed by atoms with Gasteiger partial charge in [-0.3, -0.25) is 9.38 Å². The monoisotopic (exact) mass is 423 g/mol. The van der Waals surface area contributed by atoms with Crippen LogP contribution in [0.15, 0.2) is 55.0 Å². The van der Waals surface area contributed by atoms with Gasteiger partial charge in [-0.15, -0.1) is 0 Å². The van der Waals surface area contributed by atoms with E-state index in [1.807, 2.05) is 12.1 Å². The fourth-order valence-corrected chi connectivity index (χ4v) is 4.47. The molecule has 0 radical (unpaired) electrons. The van der Waals surface area contributed by atoms with E-state index < -0.39 is 0 Å². The third-order valence-corrected chi connectivity index (χ3v) is 6.12. The molecule has 0 aliphatic heterocycles. The molecule has 6 heteroatoms. The van der Waals surface area contributed by atoms with E-state index in [1.54, 1.807) is 19.5 Å². The molecule has 0 saturated heterocycles. The Morgan fingerprint density at radius 3 is 2.75 bits per heavy atom.